The molecule has 1 amide bonds. The smallest absolute Gasteiger partial charge is 0.367 e. The van der Waals surface area contributed by atoms with Gasteiger partial charge in [-0.3, -0.25) is 4.79 Å². The van der Waals surface area contributed by atoms with Crippen LogP contribution in [-0.4, -0.2) is 41.7 Å². The van der Waals surface area contributed by atoms with Crippen LogP contribution in [-0.2, 0) is 11.3 Å². The van der Waals surface area contributed by atoms with Crippen molar-refractivity contribution in [3.05, 3.63) is 69.2 Å². The minimum Gasteiger partial charge on any atom is -0.497 e. The van der Waals surface area contributed by atoms with Gasteiger partial charge in [0.1, 0.15) is 5.75 Å². The zero-order valence-corrected chi connectivity index (χ0v) is 22.0. The van der Waals surface area contributed by atoms with E-state index in [0.29, 0.717) is 36.0 Å². The van der Waals surface area contributed by atoms with E-state index in [1.165, 1.54) is 29.8 Å². The maximum atomic E-state index is 13.2. The molecule has 0 atom stereocenters. The Labute approximate surface area is 216 Å². The number of hydrogen-bond acceptors (Lipinski definition) is 6. The summed E-state index contributed by atoms with van der Waals surface area (Å²) in [5.74, 6) is 0.253. The fourth-order valence-corrected chi connectivity index (χ4v) is 5.15. The molecule has 1 aromatic carbocycles. The third kappa shape index (κ3) is 6.05. The molecule has 7 nitrogen and oxygen atoms in total. The van der Waals surface area contributed by atoms with Gasteiger partial charge in [-0.2, -0.15) is 0 Å². The summed E-state index contributed by atoms with van der Waals surface area (Å²) < 4.78 is 12.5. The van der Waals surface area contributed by atoms with Crippen LogP contribution in [0.3, 0.4) is 0 Å². The Kier molecular flexibility index (Phi) is 8.59. The van der Waals surface area contributed by atoms with E-state index < -0.39 is 5.97 Å². The van der Waals surface area contributed by atoms with Gasteiger partial charge in [0.05, 0.1) is 30.7 Å². The van der Waals surface area contributed by atoms with Gasteiger partial charge >= 0.3 is 5.97 Å². The van der Waals surface area contributed by atoms with E-state index in [1.54, 1.807) is 14.0 Å². The van der Waals surface area contributed by atoms with Gasteiger partial charge in [-0.15, -0.1) is 11.3 Å². The van der Waals surface area contributed by atoms with E-state index in [2.05, 4.69) is 20.9 Å². The number of carbonyl (C=O) groups excluding carboxylic acids is 2. The molecule has 0 bridgehead atoms. The number of rotatable bonds is 10. The Bertz CT molecular complexity index is 1240. The standard InChI is InChI=1S/C28H33N3O4S/c1-4-35-28(33)27-30-24(18-36-27)25-16-23(26(32)29-15-14-20-8-6-5-7-9-20)19(2)31(25)17-21-10-12-22(34-3)13-11-21/h8,10-13,16,18H,4-7,9,14-15,17H2,1-3H3,(H,29,32). The molecule has 2 heterocycles. The highest BCUT2D eigenvalue weighted by Gasteiger charge is 2.22. The molecular formula is C28H33N3O4S. The van der Waals surface area contributed by atoms with Gasteiger partial charge in [0.2, 0.25) is 5.01 Å². The molecule has 0 spiro atoms. The van der Waals surface area contributed by atoms with E-state index >= 15 is 0 Å². The Hall–Kier alpha value is -3.39. The van der Waals surface area contributed by atoms with E-state index in [-0.39, 0.29) is 5.91 Å². The summed E-state index contributed by atoms with van der Waals surface area (Å²) in [5.41, 5.74) is 5.39. The summed E-state index contributed by atoms with van der Waals surface area (Å²) in [6.45, 7) is 5.18. The molecule has 1 N–H and O–H groups in total. The molecule has 0 unspecified atom stereocenters. The van der Waals surface area contributed by atoms with E-state index in [0.717, 1.165) is 42.0 Å². The van der Waals surface area contributed by atoms with Crippen molar-refractivity contribution < 1.29 is 19.1 Å². The number of nitrogens with zero attached hydrogens (tertiary/aromatic N) is 2. The maximum absolute atomic E-state index is 13.2. The van der Waals surface area contributed by atoms with Crippen LogP contribution < -0.4 is 10.1 Å². The van der Waals surface area contributed by atoms with Crippen LogP contribution in [0, 0.1) is 6.92 Å². The van der Waals surface area contributed by atoms with Gasteiger partial charge < -0.3 is 19.4 Å². The highest BCUT2D eigenvalue weighted by atomic mass is 32.1. The van der Waals surface area contributed by atoms with Crippen molar-refractivity contribution in [3.63, 3.8) is 0 Å². The number of benzene rings is 1. The van der Waals surface area contributed by atoms with Crippen LogP contribution in [0.1, 0.15) is 70.4 Å². The molecule has 1 aliphatic carbocycles. The second kappa shape index (κ2) is 12.0. The topological polar surface area (TPSA) is 82.5 Å². The Morgan fingerprint density at radius 2 is 2.00 bits per heavy atom. The van der Waals surface area contributed by atoms with Crippen molar-refractivity contribution in [1.29, 1.82) is 0 Å². The average Bonchev–Trinajstić information content (AvgIpc) is 3.51. The van der Waals surface area contributed by atoms with Crippen LogP contribution in [0.5, 0.6) is 5.75 Å². The fourth-order valence-electron chi connectivity index (χ4n) is 4.45. The fraction of sp³-hybridized carbons (Fsp3) is 0.393. The average molecular weight is 508 g/mol. The molecular weight excluding hydrogens is 474 g/mol. The number of hydrogen-bond donors (Lipinski definition) is 1. The lowest BCUT2D eigenvalue weighted by molar-refractivity contribution is 0.0526. The quantitative estimate of drug-likeness (QED) is 0.278. The molecule has 8 heteroatoms. The van der Waals surface area contributed by atoms with Crippen LogP contribution in [0.2, 0.25) is 0 Å². The van der Waals surface area contributed by atoms with Crippen LogP contribution >= 0.6 is 11.3 Å². The molecule has 0 radical (unpaired) electrons. The number of allylic oxidation sites excluding steroid dienone is 1. The largest absolute Gasteiger partial charge is 0.497 e. The van der Waals surface area contributed by atoms with Crippen LogP contribution in [0.15, 0.2) is 47.4 Å². The summed E-state index contributed by atoms with van der Waals surface area (Å²) in [5, 5.41) is 5.23. The lowest BCUT2D eigenvalue weighted by Crippen LogP contribution is -2.25. The van der Waals surface area contributed by atoms with E-state index in [4.69, 9.17) is 9.47 Å². The molecule has 2 aromatic heterocycles. The minimum atomic E-state index is -0.436. The van der Waals surface area contributed by atoms with Crippen molar-refractivity contribution in [3.8, 4) is 17.1 Å². The summed E-state index contributed by atoms with van der Waals surface area (Å²) in [7, 11) is 1.64. The highest BCUT2D eigenvalue weighted by molar-refractivity contribution is 7.11. The Morgan fingerprint density at radius 1 is 1.19 bits per heavy atom. The van der Waals surface area contributed by atoms with Gasteiger partial charge in [-0.25, -0.2) is 9.78 Å². The second-order valence-corrected chi connectivity index (χ2v) is 9.69. The van der Waals surface area contributed by atoms with Crippen molar-refractivity contribution in [2.75, 3.05) is 20.3 Å². The van der Waals surface area contributed by atoms with Gasteiger partial charge in [0.15, 0.2) is 0 Å². The number of aromatic nitrogens is 2. The summed E-state index contributed by atoms with van der Waals surface area (Å²) >= 11 is 1.24. The van der Waals surface area contributed by atoms with E-state index in [1.807, 2.05) is 42.6 Å². The summed E-state index contributed by atoms with van der Waals surface area (Å²) in [4.78, 5) is 29.9. The van der Waals surface area contributed by atoms with Crippen molar-refractivity contribution in [1.82, 2.24) is 14.9 Å². The predicted molar refractivity (Wildman–Crippen MR) is 142 cm³/mol. The number of carbonyl (C=O) groups is 2. The van der Waals surface area contributed by atoms with Gasteiger partial charge in [0, 0.05) is 24.2 Å². The Balaban J connectivity index is 1.60. The molecule has 0 saturated carbocycles. The van der Waals surface area contributed by atoms with Gasteiger partial charge in [-0.1, -0.05) is 23.8 Å². The van der Waals surface area contributed by atoms with Crippen LogP contribution in [0.25, 0.3) is 11.4 Å². The molecule has 0 fully saturated rings. The molecule has 4 rings (SSSR count). The number of esters is 1. The van der Waals surface area contributed by atoms with Gasteiger partial charge in [-0.05, 0) is 69.7 Å². The highest BCUT2D eigenvalue weighted by Crippen LogP contribution is 2.29. The summed E-state index contributed by atoms with van der Waals surface area (Å²) in [6.07, 6.45) is 7.96. The monoisotopic (exact) mass is 507 g/mol. The van der Waals surface area contributed by atoms with Crippen molar-refractivity contribution in [2.45, 2.75) is 52.5 Å². The first-order chi connectivity index (χ1) is 17.5. The molecule has 1 aliphatic rings. The van der Waals surface area contributed by atoms with Crippen molar-refractivity contribution >= 4 is 23.2 Å². The van der Waals surface area contributed by atoms with Gasteiger partial charge in [0.25, 0.3) is 5.91 Å². The molecule has 3 aromatic rings. The zero-order valence-electron chi connectivity index (χ0n) is 21.1. The second-order valence-electron chi connectivity index (χ2n) is 8.84. The lowest BCUT2D eigenvalue weighted by Gasteiger charge is -2.13. The molecule has 36 heavy (non-hydrogen) atoms. The third-order valence-corrected chi connectivity index (χ3v) is 7.27. The maximum Gasteiger partial charge on any atom is 0.367 e. The minimum absolute atomic E-state index is 0.0977. The summed E-state index contributed by atoms with van der Waals surface area (Å²) in [6, 6.07) is 9.72. The third-order valence-electron chi connectivity index (χ3n) is 6.44. The molecule has 190 valence electrons. The van der Waals surface area contributed by atoms with Crippen LogP contribution in [0.4, 0.5) is 0 Å². The SMILES string of the molecule is CCOC(=O)c1nc(-c2cc(C(=O)NCCC3=CCCCC3)c(C)n2Cc2ccc(OC)cc2)cs1. The lowest BCUT2D eigenvalue weighted by atomic mass is 9.97. The first-order valence-corrected chi connectivity index (χ1v) is 13.3. The number of nitrogens with one attached hydrogen (secondary N) is 1. The number of amides is 1. The predicted octanol–water partition coefficient (Wildman–Crippen LogP) is 5.77. The first-order valence-electron chi connectivity index (χ1n) is 12.4. The molecule has 0 aliphatic heterocycles. The van der Waals surface area contributed by atoms with Crippen molar-refractivity contribution in [2.24, 2.45) is 0 Å². The Morgan fingerprint density at radius 3 is 2.69 bits per heavy atom. The number of ether oxygens (including phenoxy) is 2. The van der Waals surface area contributed by atoms with E-state index in [9.17, 15) is 9.59 Å². The first kappa shape index (κ1) is 25.7. The number of thiazole rings is 1. The number of methoxy groups -OCH3 is 1. The normalized spacial score (nSPS) is 13.2. The zero-order chi connectivity index (χ0) is 25.5. The molecule has 0 saturated heterocycles.